The van der Waals surface area contributed by atoms with E-state index in [0.717, 1.165) is 0 Å². The second-order valence-corrected chi connectivity index (χ2v) is 3.16. The largest absolute Gasteiger partial charge is 0.377 e. The first kappa shape index (κ1) is 9.60. The van der Waals surface area contributed by atoms with Crippen LogP contribution in [0, 0.1) is 0 Å². The van der Waals surface area contributed by atoms with Crippen LogP contribution in [0.25, 0.3) is 0 Å². The number of aliphatic hydroxyl groups excluding tert-OH is 1. The molecule has 0 aromatic carbocycles. The van der Waals surface area contributed by atoms with Gasteiger partial charge in [-0.3, -0.25) is 15.0 Å². The van der Waals surface area contributed by atoms with Gasteiger partial charge < -0.3 is 5.11 Å². The average Bonchev–Trinajstić information content (AvgIpc) is 2.26. The monoisotopic (exact) mass is 207 g/mol. The zero-order valence-electron chi connectivity index (χ0n) is 7.75. The van der Waals surface area contributed by atoms with E-state index >= 15 is 0 Å². The average molecular weight is 207 g/mol. The molecule has 1 heterocycles. The molecule has 0 saturated heterocycles. The number of nitrogens with zero attached hydrogens (tertiary/aromatic N) is 2. The van der Waals surface area contributed by atoms with Crippen molar-refractivity contribution < 1.29 is 14.7 Å². The quantitative estimate of drug-likeness (QED) is 0.544. The fourth-order valence-corrected chi connectivity index (χ4v) is 1.33. The first-order chi connectivity index (χ1) is 7.18. The predicted molar refractivity (Wildman–Crippen MR) is 51.3 cm³/mol. The number of nitrogens with one attached hydrogen (secondary N) is 1. The molecule has 0 saturated carbocycles. The number of Topliss-reactive ketones (excluding diaryl/α,β-unsaturated/α-hetero) is 1. The second-order valence-electron chi connectivity index (χ2n) is 3.16. The molecular weight excluding hydrogens is 198 g/mol. The fourth-order valence-electron chi connectivity index (χ4n) is 1.33. The van der Waals surface area contributed by atoms with Crippen molar-refractivity contribution >= 4 is 17.9 Å². The lowest BCUT2D eigenvalue weighted by Crippen LogP contribution is -2.41. The maximum absolute atomic E-state index is 11.2. The predicted octanol–water partition coefficient (Wildman–Crippen LogP) is -0.907. The smallest absolute Gasteiger partial charge is 0.193 e. The fraction of sp³-hybridized carbons (Fsp3) is 0.222. The summed E-state index contributed by atoms with van der Waals surface area (Å²) in [4.78, 5) is 26.3. The van der Waals surface area contributed by atoms with Gasteiger partial charge in [0.1, 0.15) is 6.34 Å². The molecule has 1 aliphatic heterocycles. The molecular formula is C9H9N3O3. The van der Waals surface area contributed by atoms with Crippen molar-refractivity contribution in [3.8, 4) is 0 Å². The van der Waals surface area contributed by atoms with Gasteiger partial charge in [-0.2, -0.15) is 0 Å². The number of rotatable bonds is 1. The van der Waals surface area contributed by atoms with Gasteiger partial charge >= 0.3 is 0 Å². The molecule has 15 heavy (non-hydrogen) atoms. The Balaban J connectivity index is 2.20. The van der Waals surface area contributed by atoms with Crippen molar-refractivity contribution in [2.45, 2.75) is 12.5 Å². The van der Waals surface area contributed by atoms with Gasteiger partial charge in [-0.05, 0) is 0 Å². The van der Waals surface area contributed by atoms with Gasteiger partial charge in [0.2, 0.25) is 0 Å². The third-order valence-corrected chi connectivity index (χ3v) is 2.10. The summed E-state index contributed by atoms with van der Waals surface area (Å²) < 4.78 is 0. The molecule has 0 radical (unpaired) electrons. The number of ketones is 2. The first-order valence-corrected chi connectivity index (χ1v) is 4.37. The Morgan fingerprint density at radius 1 is 1.53 bits per heavy atom. The Morgan fingerprint density at radius 2 is 2.33 bits per heavy atom. The van der Waals surface area contributed by atoms with Crippen molar-refractivity contribution in [3.05, 3.63) is 24.2 Å². The molecule has 0 amide bonds. The molecule has 78 valence electrons. The number of carbonyl (C=O) groups excluding carboxylic acids is 2. The van der Waals surface area contributed by atoms with Crippen LogP contribution in [0.2, 0.25) is 0 Å². The highest BCUT2D eigenvalue weighted by Crippen LogP contribution is 2.15. The summed E-state index contributed by atoms with van der Waals surface area (Å²) in [5.74, 6) is -1.09. The van der Waals surface area contributed by atoms with E-state index < -0.39 is 17.7 Å². The van der Waals surface area contributed by atoms with E-state index in [1.807, 2.05) is 0 Å². The van der Waals surface area contributed by atoms with E-state index in [0.29, 0.717) is 5.70 Å². The second kappa shape index (κ2) is 3.66. The lowest BCUT2D eigenvalue weighted by atomic mass is 9.99. The maximum Gasteiger partial charge on any atom is 0.193 e. The highest BCUT2D eigenvalue weighted by atomic mass is 16.3. The minimum Gasteiger partial charge on any atom is -0.377 e. The van der Waals surface area contributed by atoms with Crippen molar-refractivity contribution in [1.82, 2.24) is 10.4 Å². The van der Waals surface area contributed by atoms with E-state index in [2.05, 4.69) is 10.4 Å². The van der Waals surface area contributed by atoms with Crippen molar-refractivity contribution in [2.24, 2.45) is 4.99 Å². The Kier molecular flexibility index (Phi) is 2.34. The Morgan fingerprint density at radius 3 is 2.93 bits per heavy atom. The van der Waals surface area contributed by atoms with Crippen LogP contribution in [-0.4, -0.2) is 34.1 Å². The van der Waals surface area contributed by atoms with Gasteiger partial charge in [0.25, 0.3) is 0 Å². The van der Waals surface area contributed by atoms with Crippen LogP contribution in [0.3, 0.4) is 0 Å². The van der Waals surface area contributed by atoms with Crippen LogP contribution in [0.15, 0.2) is 29.2 Å². The van der Waals surface area contributed by atoms with Crippen LogP contribution in [0.5, 0.6) is 0 Å². The Hall–Kier alpha value is -1.95. The third kappa shape index (κ3) is 1.79. The van der Waals surface area contributed by atoms with Crippen molar-refractivity contribution in [3.63, 3.8) is 0 Å². The third-order valence-electron chi connectivity index (χ3n) is 2.10. The molecule has 1 unspecified atom stereocenters. The van der Waals surface area contributed by atoms with Crippen molar-refractivity contribution in [2.75, 3.05) is 0 Å². The Bertz CT molecular complexity index is 397. The van der Waals surface area contributed by atoms with E-state index in [4.69, 9.17) is 5.11 Å². The molecule has 0 fully saturated rings. The molecule has 6 nitrogen and oxygen atoms in total. The SMILES string of the molecule is O=C1C=C(N2C=NC=CN2)CC(=O)C1O. The number of aliphatic hydroxyl groups is 1. The number of allylic oxidation sites excluding steroid dienone is 1. The Labute approximate surface area is 85.6 Å². The summed E-state index contributed by atoms with van der Waals surface area (Å²) >= 11 is 0. The lowest BCUT2D eigenvalue weighted by molar-refractivity contribution is -0.136. The van der Waals surface area contributed by atoms with Crippen LogP contribution >= 0.6 is 0 Å². The van der Waals surface area contributed by atoms with Crippen LogP contribution in [-0.2, 0) is 9.59 Å². The van der Waals surface area contributed by atoms with Crippen LogP contribution < -0.4 is 5.43 Å². The van der Waals surface area contributed by atoms with Gasteiger partial charge in [-0.1, -0.05) is 0 Å². The number of hydrazine groups is 1. The van der Waals surface area contributed by atoms with Crippen molar-refractivity contribution in [1.29, 1.82) is 0 Å². The summed E-state index contributed by atoms with van der Waals surface area (Å²) in [5, 5.41) is 10.6. The molecule has 0 aromatic heterocycles. The summed E-state index contributed by atoms with van der Waals surface area (Å²) in [7, 11) is 0. The normalized spacial score (nSPS) is 25.3. The number of hydrogen-bond donors (Lipinski definition) is 2. The van der Waals surface area contributed by atoms with E-state index in [1.165, 1.54) is 17.4 Å². The van der Waals surface area contributed by atoms with Crippen LogP contribution in [0.1, 0.15) is 6.42 Å². The molecule has 6 heteroatoms. The highest BCUT2D eigenvalue weighted by Gasteiger charge is 2.30. The van der Waals surface area contributed by atoms with Gasteiger partial charge in [0.05, 0.1) is 12.1 Å². The maximum atomic E-state index is 11.2. The highest BCUT2D eigenvalue weighted by molar-refractivity contribution is 6.13. The van der Waals surface area contributed by atoms with Crippen LogP contribution in [0.4, 0.5) is 0 Å². The van der Waals surface area contributed by atoms with Gasteiger partial charge in [-0.25, -0.2) is 10.0 Å². The molecule has 0 aromatic rings. The summed E-state index contributed by atoms with van der Waals surface area (Å²) in [6.45, 7) is 0. The molecule has 1 aliphatic carbocycles. The zero-order chi connectivity index (χ0) is 10.8. The van der Waals surface area contributed by atoms with E-state index in [1.54, 1.807) is 12.4 Å². The molecule has 1 atom stereocenters. The summed E-state index contributed by atoms with van der Waals surface area (Å²) in [6.07, 6.45) is 4.30. The standard InChI is InChI=1S/C9H9N3O3/c13-7-3-6(4-8(14)9(7)15)12-5-10-1-2-11-12/h1-3,5,9,11,15H,4H2. The lowest BCUT2D eigenvalue weighted by Gasteiger charge is -2.26. The van der Waals surface area contributed by atoms with E-state index in [9.17, 15) is 9.59 Å². The summed E-state index contributed by atoms with van der Waals surface area (Å²) in [6, 6.07) is 0. The number of aliphatic imine (C=N–C) groups is 1. The molecule has 2 aliphatic rings. The zero-order valence-corrected chi connectivity index (χ0v) is 7.75. The molecule has 2 N–H and O–H groups in total. The van der Waals surface area contributed by atoms with Gasteiger partial charge in [0.15, 0.2) is 17.7 Å². The topological polar surface area (TPSA) is 82.0 Å². The minimum absolute atomic E-state index is 0.0137. The molecule has 0 spiro atoms. The van der Waals surface area contributed by atoms with E-state index in [-0.39, 0.29) is 6.42 Å². The summed E-state index contributed by atoms with van der Waals surface area (Å²) in [5.41, 5.74) is 3.27. The number of hydrogen-bond acceptors (Lipinski definition) is 6. The first-order valence-electron chi connectivity index (χ1n) is 4.37. The van der Waals surface area contributed by atoms with Gasteiger partial charge in [-0.15, -0.1) is 0 Å². The number of carbonyl (C=O) groups is 2. The molecule has 2 rings (SSSR count). The van der Waals surface area contributed by atoms with Gasteiger partial charge in [0, 0.05) is 18.5 Å². The minimum atomic E-state index is -1.51. The molecule has 0 bridgehead atoms.